The van der Waals surface area contributed by atoms with Crippen molar-refractivity contribution in [3.05, 3.63) is 74.3 Å². The minimum absolute atomic E-state index is 0.0901. The Morgan fingerprint density at radius 2 is 1.74 bits per heavy atom. The second-order valence-electron chi connectivity index (χ2n) is 5.80. The third-order valence-electron chi connectivity index (χ3n) is 4.02. The highest BCUT2D eigenvalue weighted by atomic mass is 16.6. The maximum absolute atomic E-state index is 12.3. The third kappa shape index (κ3) is 3.74. The number of carbonyl (C=O) groups is 1. The van der Waals surface area contributed by atoms with Gasteiger partial charge in [-0.15, -0.1) is 0 Å². The van der Waals surface area contributed by atoms with Crippen LogP contribution in [0.5, 0.6) is 0 Å². The van der Waals surface area contributed by atoms with Crippen LogP contribution < -0.4 is 5.32 Å². The van der Waals surface area contributed by atoms with Gasteiger partial charge < -0.3 is 5.32 Å². The molecule has 0 saturated heterocycles. The fourth-order valence-electron chi connectivity index (χ4n) is 2.57. The second-order valence-corrected chi connectivity index (χ2v) is 5.80. The van der Waals surface area contributed by atoms with Crippen molar-refractivity contribution in [3.63, 3.8) is 0 Å². The van der Waals surface area contributed by atoms with Crippen LogP contribution in [0.15, 0.2) is 36.4 Å². The van der Waals surface area contributed by atoms with E-state index in [1.165, 1.54) is 29.3 Å². The van der Waals surface area contributed by atoms with Gasteiger partial charge in [0.25, 0.3) is 11.6 Å². The first-order valence-corrected chi connectivity index (χ1v) is 7.42. The Kier molecular flexibility index (Phi) is 4.79. The van der Waals surface area contributed by atoms with Crippen molar-refractivity contribution >= 4 is 11.6 Å². The first kappa shape index (κ1) is 16.7. The van der Waals surface area contributed by atoms with Gasteiger partial charge >= 0.3 is 0 Å². The van der Waals surface area contributed by atoms with E-state index in [1.54, 1.807) is 6.07 Å². The van der Waals surface area contributed by atoms with Crippen LogP contribution >= 0.6 is 0 Å². The summed E-state index contributed by atoms with van der Waals surface area (Å²) in [5.41, 5.74) is 4.73. The molecular formula is C18H20N2O3. The van der Waals surface area contributed by atoms with E-state index in [0.717, 1.165) is 11.1 Å². The molecule has 2 aromatic carbocycles. The standard InChI is InChI=1S/C18H20N2O3/c1-11-8-13(3)17(9-12(11)2)14(4)19-18(21)15-6-5-7-16(10-15)20(22)23/h5-10,14H,1-4H3,(H,19,21). The van der Waals surface area contributed by atoms with E-state index in [0.29, 0.717) is 0 Å². The molecule has 0 spiro atoms. The molecule has 0 aliphatic heterocycles. The molecule has 23 heavy (non-hydrogen) atoms. The topological polar surface area (TPSA) is 72.2 Å². The molecule has 5 heteroatoms. The molecule has 0 heterocycles. The number of benzene rings is 2. The first-order valence-electron chi connectivity index (χ1n) is 7.42. The molecule has 1 atom stereocenters. The monoisotopic (exact) mass is 312 g/mol. The molecular weight excluding hydrogens is 292 g/mol. The summed E-state index contributed by atoms with van der Waals surface area (Å²) < 4.78 is 0. The van der Waals surface area contributed by atoms with E-state index >= 15 is 0 Å². The largest absolute Gasteiger partial charge is 0.346 e. The molecule has 0 aliphatic rings. The highest BCUT2D eigenvalue weighted by Gasteiger charge is 2.16. The smallest absolute Gasteiger partial charge is 0.270 e. The number of rotatable bonds is 4. The summed E-state index contributed by atoms with van der Waals surface area (Å²) in [6.07, 6.45) is 0. The fraction of sp³-hybridized carbons (Fsp3) is 0.278. The lowest BCUT2D eigenvalue weighted by Gasteiger charge is -2.18. The molecule has 0 aliphatic carbocycles. The van der Waals surface area contributed by atoms with Crippen molar-refractivity contribution in [3.8, 4) is 0 Å². The van der Waals surface area contributed by atoms with Crippen molar-refractivity contribution in [1.29, 1.82) is 0 Å². The average Bonchev–Trinajstić information content (AvgIpc) is 2.50. The Balaban J connectivity index is 2.21. The Morgan fingerprint density at radius 1 is 1.09 bits per heavy atom. The molecule has 0 fully saturated rings. The maximum atomic E-state index is 12.3. The molecule has 1 N–H and O–H groups in total. The van der Waals surface area contributed by atoms with Crippen molar-refractivity contribution in [1.82, 2.24) is 5.32 Å². The number of amides is 1. The molecule has 5 nitrogen and oxygen atoms in total. The number of nitrogens with one attached hydrogen (secondary N) is 1. The number of nitrogens with zero attached hydrogens (tertiary/aromatic N) is 1. The van der Waals surface area contributed by atoms with E-state index in [9.17, 15) is 14.9 Å². The van der Waals surface area contributed by atoms with Crippen molar-refractivity contribution in [2.45, 2.75) is 33.7 Å². The number of nitro groups is 1. The predicted molar refractivity (Wildman–Crippen MR) is 89.6 cm³/mol. The normalized spacial score (nSPS) is 11.8. The number of hydrogen-bond acceptors (Lipinski definition) is 3. The Labute approximate surface area is 135 Å². The van der Waals surface area contributed by atoms with Gasteiger partial charge in [0, 0.05) is 17.7 Å². The summed E-state index contributed by atoms with van der Waals surface area (Å²) in [5.74, 6) is -0.321. The predicted octanol–water partition coefficient (Wildman–Crippen LogP) is 4.01. The minimum Gasteiger partial charge on any atom is -0.346 e. The molecule has 120 valence electrons. The van der Waals surface area contributed by atoms with Crippen LogP contribution in [0.4, 0.5) is 5.69 Å². The SMILES string of the molecule is Cc1cc(C)c(C(C)NC(=O)c2cccc([N+](=O)[O-])c2)cc1C. The van der Waals surface area contributed by atoms with E-state index in [2.05, 4.69) is 24.4 Å². The van der Waals surface area contributed by atoms with Crippen LogP contribution in [0.1, 0.15) is 45.6 Å². The molecule has 2 aromatic rings. The fourth-order valence-corrected chi connectivity index (χ4v) is 2.57. The van der Waals surface area contributed by atoms with Crippen LogP contribution in [-0.2, 0) is 0 Å². The third-order valence-corrected chi connectivity index (χ3v) is 4.02. The number of nitro benzene ring substituents is 1. The summed E-state index contributed by atoms with van der Waals surface area (Å²) in [6.45, 7) is 8.01. The second kappa shape index (κ2) is 6.60. The number of carbonyl (C=O) groups excluding carboxylic acids is 1. The van der Waals surface area contributed by atoms with Gasteiger partial charge in [0.05, 0.1) is 11.0 Å². The lowest BCUT2D eigenvalue weighted by Crippen LogP contribution is -2.27. The van der Waals surface area contributed by atoms with E-state index in [1.807, 2.05) is 20.8 Å². The van der Waals surface area contributed by atoms with Crippen molar-refractivity contribution < 1.29 is 9.72 Å². The van der Waals surface area contributed by atoms with E-state index in [4.69, 9.17) is 0 Å². The molecule has 1 unspecified atom stereocenters. The van der Waals surface area contributed by atoms with Gasteiger partial charge in [-0.3, -0.25) is 14.9 Å². The van der Waals surface area contributed by atoms with Crippen LogP contribution in [0.25, 0.3) is 0 Å². The van der Waals surface area contributed by atoms with Crippen molar-refractivity contribution in [2.75, 3.05) is 0 Å². The van der Waals surface area contributed by atoms with Crippen LogP contribution in [0.2, 0.25) is 0 Å². The van der Waals surface area contributed by atoms with Gasteiger partial charge in [-0.1, -0.05) is 18.2 Å². The zero-order valence-electron chi connectivity index (χ0n) is 13.7. The summed E-state index contributed by atoms with van der Waals surface area (Å²) >= 11 is 0. The highest BCUT2D eigenvalue weighted by Crippen LogP contribution is 2.22. The van der Waals surface area contributed by atoms with Gasteiger partial charge in [0.15, 0.2) is 0 Å². The van der Waals surface area contributed by atoms with Gasteiger partial charge in [0.2, 0.25) is 0 Å². The van der Waals surface area contributed by atoms with Crippen LogP contribution in [-0.4, -0.2) is 10.8 Å². The number of non-ortho nitro benzene ring substituents is 1. The molecule has 0 radical (unpaired) electrons. The molecule has 1 amide bonds. The van der Waals surface area contributed by atoms with Gasteiger partial charge in [-0.25, -0.2) is 0 Å². The minimum atomic E-state index is -0.506. The molecule has 2 rings (SSSR count). The quantitative estimate of drug-likeness (QED) is 0.685. The first-order chi connectivity index (χ1) is 10.8. The Hall–Kier alpha value is -2.69. The number of hydrogen-bond donors (Lipinski definition) is 1. The lowest BCUT2D eigenvalue weighted by atomic mass is 9.96. The average molecular weight is 312 g/mol. The summed E-state index contributed by atoms with van der Waals surface area (Å²) in [4.78, 5) is 22.6. The molecule has 0 saturated carbocycles. The van der Waals surface area contributed by atoms with E-state index < -0.39 is 4.92 Å². The summed E-state index contributed by atoms with van der Waals surface area (Å²) in [5, 5.41) is 13.7. The molecule has 0 aromatic heterocycles. The zero-order valence-corrected chi connectivity index (χ0v) is 13.7. The molecule has 0 bridgehead atoms. The van der Waals surface area contributed by atoms with Gasteiger partial charge in [0.1, 0.15) is 0 Å². The Bertz CT molecular complexity index is 769. The maximum Gasteiger partial charge on any atom is 0.270 e. The van der Waals surface area contributed by atoms with Crippen LogP contribution in [0.3, 0.4) is 0 Å². The summed E-state index contributed by atoms with van der Waals surface area (Å²) in [7, 11) is 0. The highest BCUT2D eigenvalue weighted by molar-refractivity contribution is 5.95. The van der Waals surface area contributed by atoms with Gasteiger partial charge in [-0.05, 0) is 56.0 Å². The summed E-state index contributed by atoms with van der Waals surface area (Å²) in [6, 6.07) is 9.73. The van der Waals surface area contributed by atoms with Gasteiger partial charge in [-0.2, -0.15) is 0 Å². The van der Waals surface area contributed by atoms with E-state index in [-0.39, 0.29) is 23.2 Å². The zero-order chi connectivity index (χ0) is 17.1. The van der Waals surface area contributed by atoms with Crippen LogP contribution in [0, 0.1) is 30.9 Å². The lowest BCUT2D eigenvalue weighted by molar-refractivity contribution is -0.384. The van der Waals surface area contributed by atoms with Crippen molar-refractivity contribution in [2.24, 2.45) is 0 Å². The number of aryl methyl sites for hydroxylation is 3. The Morgan fingerprint density at radius 3 is 2.39 bits per heavy atom.